The third kappa shape index (κ3) is 6.14. The second-order valence-electron chi connectivity index (χ2n) is 5.75. The van der Waals surface area contributed by atoms with Crippen molar-refractivity contribution in [2.24, 2.45) is 11.8 Å². The molecular formula is C15H23ClO3S. The number of ether oxygens (including phenoxy) is 1. The molecule has 1 aromatic carbocycles. The number of halogens is 1. The van der Waals surface area contributed by atoms with E-state index in [1.54, 1.807) is 0 Å². The maximum atomic E-state index is 11.2. The van der Waals surface area contributed by atoms with Crippen molar-refractivity contribution in [2.75, 3.05) is 12.4 Å². The lowest BCUT2D eigenvalue weighted by molar-refractivity contribution is 0.225. The SMILES string of the molecule is CC(C)c1cccc(OCC(CS(=O)(=O)Cl)C(C)C)c1. The molecule has 0 saturated carbocycles. The van der Waals surface area contributed by atoms with Crippen LogP contribution >= 0.6 is 10.7 Å². The van der Waals surface area contributed by atoms with Crippen LogP contribution in [0.15, 0.2) is 24.3 Å². The topological polar surface area (TPSA) is 43.4 Å². The highest BCUT2D eigenvalue weighted by molar-refractivity contribution is 8.13. The summed E-state index contributed by atoms with van der Waals surface area (Å²) in [7, 11) is 1.84. The molecule has 0 spiro atoms. The van der Waals surface area contributed by atoms with E-state index in [4.69, 9.17) is 15.4 Å². The van der Waals surface area contributed by atoms with Gasteiger partial charge in [-0.2, -0.15) is 0 Å². The molecule has 0 saturated heterocycles. The van der Waals surface area contributed by atoms with Crippen molar-refractivity contribution >= 4 is 19.7 Å². The standard InChI is InChI=1S/C15H23ClO3S/c1-11(2)13-6-5-7-15(8-13)19-9-14(12(3)4)10-20(16,17)18/h5-8,11-12,14H,9-10H2,1-4H3. The molecule has 1 atom stereocenters. The van der Waals surface area contributed by atoms with Crippen LogP contribution in [-0.4, -0.2) is 20.8 Å². The van der Waals surface area contributed by atoms with Crippen molar-refractivity contribution in [1.29, 1.82) is 0 Å². The minimum absolute atomic E-state index is 0.0594. The number of rotatable bonds is 7. The molecule has 1 aromatic rings. The van der Waals surface area contributed by atoms with E-state index in [0.29, 0.717) is 12.5 Å². The van der Waals surface area contributed by atoms with E-state index in [1.807, 2.05) is 32.0 Å². The van der Waals surface area contributed by atoms with E-state index in [-0.39, 0.29) is 17.6 Å². The minimum atomic E-state index is -3.50. The van der Waals surface area contributed by atoms with Gasteiger partial charge >= 0.3 is 0 Å². The predicted octanol–water partition coefficient (Wildman–Crippen LogP) is 4.03. The number of hydrogen-bond donors (Lipinski definition) is 0. The summed E-state index contributed by atoms with van der Waals surface area (Å²) >= 11 is 0. The number of hydrogen-bond acceptors (Lipinski definition) is 3. The Morgan fingerprint density at radius 2 is 1.85 bits per heavy atom. The molecule has 0 aliphatic carbocycles. The quantitative estimate of drug-likeness (QED) is 0.713. The fourth-order valence-corrected chi connectivity index (χ4v) is 3.33. The summed E-state index contributed by atoms with van der Waals surface area (Å²) < 4.78 is 28.2. The molecule has 0 aliphatic rings. The summed E-state index contributed by atoms with van der Waals surface area (Å²) in [5.74, 6) is 1.23. The van der Waals surface area contributed by atoms with Gasteiger partial charge in [-0.05, 0) is 29.5 Å². The molecule has 0 amide bonds. The van der Waals surface area contributed by atoms with E-state index in [1.165, 1.54) is 5.56 Å². The Labute approximate surface area is 126 Å². The van der Waals surface area contributed by atoms with Crippen molar-refractivity contribution in [3.05, 3.63) is 29.8 Å². The Morgan fingerprint density at radius 1 is 1.20 bits per heavy atom. The molecule has 1 unspecified atom stereocenters. The molecule has 1 rings (SSSR count). The number of benzene rings is 1. The fraction of sp³-hybridized carbons (Fsp3) is 0.600. The first kappa shape index (κ1) is 17.3. The van der Waals surface area contributed by atoms with Gasteiger partial charge in [0.1, 0.15) is 5.75 Å². The molecular weight excluding hydrogens is 296 g/mol. The van der Waals surface area contributed by atoms with Crippen LogP contribution in [0.25, 0.3) is 0 Å². The molecule has 0 aromatic heterocycles. The van der Waals surface area contributed by atoms with Crippen molar-refractivity contribution in [3.8, 4) is 5.75 Å². The Bertz CT molecular complexity index is 524. The van der Waals surface area contributed by atoms with Gasteiger partial charge in [0.2, 0.25) is 9.05 Å². The normalized spacial score (nSPS) is 13.8. The lowest BCUT2D eigenvalue weighted by Gasteiger charge is -2.20. The summed E-state index contributed by atoms with van der Waals surface area (Å²) in [6.07, 6.45) is 0. The molecule has 0 aliphatic heterocycles. The van der Waals surface area contributed by atoms with Gasteiger partial charge in [-0.3, -0.25) is 0 Å². The molecule has 0 bridgehead atoms. The van der Waals surface area contributed by atoms with Gasteiger partial charge in [0, 0.05) is 16.6 Å². The monoisotopic (exact) mass is 318 g/mol. The second kappa shape index (κ2) is 7.32. The highest BCUT2D eigenvalue weighted by atomic mass is 35.7. The zero-order valence-corrected chi connectivity index (χ0v) is 14.0. The summed E-state index contributed by atoms with van der Waals surface area (Å²) in [5, 5.41) is 0. The molecule has 114 valence electrons. The van der Waals surface area contributed by atoms with Gasteiger partial charge in [0.05, 0.1) is 12.4 Å². The van der Waals surface area contributed by atoms with Crippen LogP contribution in [-0.2, 0) is 9.05 Å². The summed E-state index contributed by atoms with van der Waals surface area (Å²) in [5.41, 5.74) is 1.20. The molecule has 5 heteroatoms. The second-order valence-corrected chi connectivity index (χ2v) is 8.57. The molecule has 3 nitrogen and oxygen atoms in total. The first-order valence-electron chi connectivity index (χ1n) is 6.84. The van der Waals surface area contributed by atoms with Crippen molar-refractivity contribution in [1.82, 2.24) is 0 Å². The third-order valence-corrected chi connectivity index (χ3v) is 4.55. The van der Waals surface area contributed by atoms with Crippen LogP contribution in [0, 0.1) is 11.8 Å². The highest BCUT2D eigenvalue weighted by Crippen LogP contribution is 2.22. The first-order valence-corrected chi connectivity index (χ1v) is 9.32. The highest BCUT2D eigenvalue weighted by Gasteiger charge is 2.21. The lowest BCUT2D eigenvalue weighted by Crippen LogP contribution is -2.24. The fourth-order valence-electron chi connectivity index (χ4n) is 1.86. The Kier molecular flexibility index (Phi) is 6.34. The van der Waals surface area contributed by atoms with Gasteiger partial charge in [0.25, 0.3) is 0 Å². The van der Waals surface area contributed by atoms with E-state index in [0.717, 1.165) is 5.75 Å². The maximum Gasteiger partial charge on any atom is 0.233 e. The summed E-state index contributed by atoms with van der Waals surface area (Å²) in [6, 6.07) is 7.89. The van der Waals surface area contributed by atoms with Crippen LogP contribution in [0.5, 0.6) is 5.75 Å². The zero-order chi connectivity index (χ0) is 15.3. The summed E-state index contributed by atoms with van der Waals surface area (Å²) in [4.78, 5) is 0. The molecule has 0 fully saturated rings. The van der Waals surface area contributed by atoms with Crippen LogP contribution in [0.1, 0.15) is 39.2 Å². The minimum Gasteiger partial charge on any atom is -0.493 e. The van der Waals surface area contributed by atoms with E-state index < -0.39 is 9.05 Å². The van der Waals surface area contributed by atoms with Crippen LogP contribution < -0.4 is 4.74 Å². The largest absolute Gasteiger partial charge is 0.493 e. The van der Waals surface area contributed by atoms with Crippen molar-refractivity contribution < 1.29 is 13.2 Å². The van der Waals surface area contributed by atoms with Crippen LogP contribution in [0.3, 0.4) is 0 Å². The first-order chi connectivity index (χ1) is 9.19. The third-order valence-electron chi connectivity index (χ3n) is 3.34. The van der Waals surface area contributed by atoms with E-state index >= 15 is 0 Å². The predicted molar refractivity (Wildman–Crippen MR) is 84.0 cm³/mol. The molecule has 0 N–H and O–H groups in total. The van der Waals surface area contributed by atoms with Crippen molar-refractivity contribution in [3.63, 3.8) is 0 Å². The Morgan fingerprint density at radius 3 is 2.35 bits per heavy atom. The van der Waals surface area contributed by atoms with E-state index in [2.05, 4.69) is 19.9 Å². The molecule has 0 heterocycles. The average Bonchev–Trinajstić information content (AvgIpc) is 2.33. The van der Waals surface area contributed by atoms with Crippen LogP contribution in [0.2, 0.25) is 0 Å². The van der Waals surface area contributed by atoms with Crippen molar-refractivity contribution in [2.45, 2.75) is 33.6 Å². The molecule has 0 radical (unpaired) electrons. The van der Waals surface area contributed by atoms with Gasteiger partial charge in [-0.25, -0.2) is 8.42 Å². The summed E-state index contributed by atoms with van der Waals surface area (Å²) in [6.45, 7) is 8.54. The lowest BCUT2D eigenvalue weighted by atomic mass is 9.99. The zero-order valence-electron chi connectivity index (χ0n) is 12.5. The van der Waals surface area contributed by atoms with E-state index in [9.17, 15) is 8.42 Å². The van der Waals surface area contributed by atoms with Crippen LogP contribution in [0.4, 0.5) is 0 Å². The Hall–Kier alpha value is -0.740. The average molecular weight is 319 g/mol. The smallest absolute Gasteiger partial charge is 0.233 e. The van der Waals surface area contributed by atoms with Gasteiger partial charge in [-0.15, -0.1) is 0 Å². The Balaban J connectivity index is 2.70. The van der Waals surface area contributed by atoms with Gasteiger partial charge in [0.15, 0.2) is 0 Å². The maximum absolute atomic E-state index is 11.2. The molecule has 20 heavy (non-hydrogen) atoms. The van der Waals surface area contributed by atoms with Gasteiger partial charge < -0.3 is 4.74 Å². The van der Waals surface area contributed by atoms with Gasteiger partial charge in [-0.1, -0.05) is 39.8 Å².